The lowest BCUT2D eigenvalue weighted by molar-refractivity contribution is 0.227. The summed E-state index contributed by atoms with van der Waals surface area (Å²) in [6.07, 6.45) is 0. The molecule has 0 atom stereocenters. The smallest absolute Gasteiger partial charge is 0.147 e. The van der Waals surface area contributed by atoms with Gasteiger partial charge in [0.1, 0.15) is 11.6 Å². The Kier molecular flexibility index (Phi) is 1.84. The Hall–Kier alpha value is -0.900. The van der Waals surface area contributed by atoms with Crippen molar-refractivity contribution < 1.29 is 0 Å². The van der Waals surface area contributed by atoms with Crippen LogP contribution < -0.4 is 0 Å². The predicted molar refractivity (Wildman–Crippen MR) is 45.7 cm³/mol. The number of aryl methyl sites for hydroxylation is 1. The first-order valence-electron chi connectivity index (χ1n) is 4.42. The molecule has 1 aliphatic heterocycles. The molecule has 4 heteroatoms. The topological polar surface area (TPSA) is 34.0 Å². The molecule has 0 unspecified atom stereocenters. The summed E-state index contributed by atoms with van der Waals surface area (Å²) in [6.45, 7) is 8.42. The molecule has 4 nitrogen and oxygen atoms in total. The molecular formula is C8H14N4. The van der Waals surface area contributed by atoms with E-state index in [0.29, 0.717) is 0 Å². The van der Waals surface area contributed by atoms with Crippen molar-refractivity contribution in [2.24, 2.45) is 0 Å². The fraction of sp³-hybridized carbons (Fsp3) is 0.750. The molecule has 0 bridgehead atoms. The minimum Gasteiger partial charge on any atom is -0.313 e. The average Bonchev–Trinajstić information content (AvgIpc) is 2.47. The van der Waals surface area contributed by atoms with E-state index in [4.69, 9.17) is 0 Å². The highest BCUT2D eigenvalue weighted by atomic mass is 15.3. The van der Waals surface area contributed by atoms with Crippen LogP contribution in [0.4, 0.5) is 0 Å². The molecule has 0 spiro atoms. The van der Waals surface area contributed by atoms with E-state index in [2.05, 4.69) is 26.6 Å². The number of hydrogen-bond acceptors (Lipinski definition) is 3. The monoisotopic (exact) mass is 166 g/mol. The van der Waals surface area contributed by atoms with Crippen molar-refractivity contribution in [3.63, 3.8) is 0 Å². The van der Waals surface area contributed by atoms with Gasteiger partial charge in [0, 0.05) is 13.1 Å². The molecule has 0 aromatic carbocycles. The maximum Gasteiger partial charge on any atom is 0.147 e. The molecule has 0 N–H and O–H groups in total. The van der Waals surface area contributed by atoms with Crippen LogP contribution >= 0.6 is 0 Å². The molecule has 0 amide bonds. The van der Waals surface area contributed by atoms with Gasteiger partial charge in [0.15, 0.2) is 0 Å². The third-order valence-corrected chi connectivity index (χ3v) is 2.46. The van der Waals surface area contributed by atoms with E-state index in [1.165, 1.54) is 0 Å². The second-order valence-electron chi connectivity index (χ2n) is 3.18. The lowest BCUT2D eigenvalue weighted by atomic mass is 10.3. The van der Waals surface area contributed by atoms with Crippen molar-refractivity contribution in [2.75, 3.05) is 13.1 Å². The molecule has 0 saturated carbocycles. The van der Waals surface area contributed by atoms with Crippen LogP contribution in [0.2, 0.25) is 0 Å². The summed E-state index contributed by atoms with van der Waals surface area (Å²) in [6, 6.07) is 0. The molecule has 12 heavy (non-hydrogen) atoms. The van der Waals surface area contributed by atoms with Crippen molar-refractivity contribution in [3.05, 3.63) is 11.6 Å². The van der Waals surface area contributed by atoms with E-state index >= 15 is 0 Å². The lowest BCUT2D eigenvalue weighted by Gasteiger charge is -2.25. The number of aromatic nitrogens is 3. The zero-order valence-corrected chi connectivity index (χ0v) is 7.62. The first-order valence-corrected chi connectivity index (χ1v) is 4.42. The first kappa shape index (κ1) is 7.73. The average molecular weight is 166 g/mol. The molecule has 0 fully saturated rings. The van der Waals surface area contributed by atoms with E-state index in [-0.39, 0.29) is 0 Å². The minimum atomic E-state index is 0.956. The van der Waals surface area contributed by atoms with Crippen molar-refractivity contribution in [1.82, 2.24) is 19.7 Å². The zero-order valence-electron chi connectivity index (χ0n) is 7.62. The van der Waals surface area contributed by atoms with Crippen molar-refractivity contribution in [3.8, 4) is 0 Å². The summed E-state index contributed by atoms with van der Waals surface area (Å²) < 4.78 is 2.20. The van der Waals surface area contributed by atoms with Gasteiger partial charge in [-0.05, 0) is 13.5 Å². The second-order valence-corrected chi connectivity index (χ2v) is 3.18. The number of hydrogen-bond donors (Lipinski definition) is 0. The van der Waals surface area contributed by atoms with Gasteiger partial charge in [-0.15, -0.1) is 10.2 Å². The third kappa shape index (κ3) is 1.12. The van der Waals surface area contributed by atoms with E-state index < -0.39 is 0 Å². The molecule has 2 heterocycles. The molecule has 1 aliphatic rings. The molecule has 0 aliphatic carbocycles. The van der Waals surface area contributed by atoms with Gasteiger partial charge in [0.2, 0.25) is 0 Å². The summed E-state index contributed by atoms with van der Waals surface area (Å²) in [5.74, 6) is 2.15. The summed E-state index contributed by atoms with van der Waals surface area (Å²) in [5, 5.41) is 8.18. The normalized spacial score (nSPS) is 17.8. The zero-order chi connectivity index (χ0) is 8.55. The van der Waals surface area contributed by atoms with Crippen molar-refractivity contribution >= 4 is 0 Å². The molecular weight excluding hydrogens is 152 g/mol. The summed E-state index contributed by atoms with van der Waals surface area (Å²) in [5.41, 5.74) is 0. The fourth-order valence-corrected chi connectivity index (χ4v) is 1.62. The van der Waals surface area contributed by atoms with E-state index in [1.54, 1.807) is 0 Å². The van der Waals surface area contributed by atoms with Gasteiger partial charge >= 0.3 is 0 Å². The Balaban J connectivity index is 2.24. The highest BCUT2D eigenvalue weighted by Gasteiger charge is 2.17. The maximum absolute atomic E-state index is 4.13. The van der Waals surface area contributed by atoms with Crippen LogP contribution in [0.15, 0.2) is 0 Å². The van der Waals surface area contributed by atoms with Crippen molar-refractivity contribution in [2.45, 2.75) is 26.9 Å². The number of nitrogens with zero attached hydrogens (tertiary/aromatic N) is 4. The Morgan fingerprint density at radius 2 is 2.17 bits per heavy atom. The van der Waals surface area contributed by atoms with Gasteiger partial charge in [-0.1, -0.05) is 6.92 Å². The van der Waals surface area contributed by atoms with Gasteiger partial charge in [0.05, 0.1) is 6.54 Å². The van der Waals surface area contributed by atoms with Crippen LogP contribution in [-0.4, -0.2) is 32.8 Å². The summed E-state index contributed by atoms with van der Waals surface area (Å²) >= 11 is 0. The Morgan fingerprint density at radius 1 is 1.33 bits per heavy atom. The highest BCUT2D eigenvalue weighted by molar-refractivity contribution is 4.96. The SMILES string of the molecule is CCN1CCn2c(C)nnc2C1. The van der Waals surface area contributed by atoms with Crippen LogP contribution in [-0.2, 0) is 13.1 Å². The van der Waals surface area contributed by atoms with E-state index in [9.17, 15) is 0 Å². The first-order chi connectivity index (χ1) is 5.81. The van der Waals surface area contributed by atoms with Crippen LogP contribution in [0, 0.1) is 6.92 Å². The van der Waals surface area contributed by atoms with Gasteiger partial charge in [-0.2, -0.15) is 0 Å². The van der Waals surface area contributed by atoms with Crippen LogP contribution in [0.25, 0.3) is 0 Å². The number of fused-ring (bicyclic) bond motifs is 1. The molecule has 0 radical (unpaired) electrons. The quantitative estimate of drug-likeness (QED) is 0.606. The van der Waals surface area contributed by atoms with Gasteiger partial charge in [-0.3, -0.25) is 4.90 Å². The summed E-state index contributed by atoms with van der Waals surface area (Å²) in [7, 11) is 0. The maximum atomic E-state index is 4.13. The predicted octanol–water partition coefficient (Wildman–Crippen LogP) is 0.422. The number of rotatable bonds is 1. The molecule has 1 aromatic rings. The van der Waals surface area contributed by atoms with Gasteiger partial charge < -0.3 is 4.57 Å². The molecule has 1 aromatic heterocycles. The largest absolute Gasteiger partial charge is 0.313 e. The third-order valence-electron chi connectivity index (χ3n) is 2.46. The van der Waals surface area contributed by atoms with E-state index in [0.717, 1.165) is 37.8 Å². The Morgan fingerprint density at radius 3 is 2.92 bits per heavy atom. The fourth-order valence-electron chi connectivity index (χ4n) is 1.62. The standard InChI is InChI=1S/C8H14N4/c1-3-11-4-5-12-7(2)9-10-8(12)6-11/h3-6H2,1-2H3. The molecule has 2 rings (SSSR count). The molecule has 66 valence electrons. The highest BCUT2D eigenvalue weighted by Crippen LogP contribution is 2.10. The lowest BCUT2D eigenvalue weighted by Crippen LogP contribution is -2.33. The second kappa shape index (κ2) is 2.86. The van der Waals surface area contributed by atoms with Crippen molar-refractivity contribution in [1.29, 1.82) is 0 Å². The summed E-state index contributed by atoms with van der Waals surface area (Å²) in [4.78, 5) is 2.38. The Bertz CT molecular complexity index is 279. The van der Waals surface area contributed by atoms with Gasteiger partial charge in [0.25, 0.3) is 0 Å². The van der Waals surface area contributed by atoms with Crippen LogP contribution in [0.5, 0.6) is 0 Å². The molecule has 0 saturated heterocycles. The van der Waals surface area contributed by atoms with Crippen LogP contribution in [0.3, 0.4) is 0 Å². The Labute approximate surface area is 72.2 Å². The van der Waals surface area contributed by atoms with E-state index in [1.807, 2.05) is 6.92 Å². The van der Waals surface area contributed by atoms with Crippen LogP contribution in [0.1, 0.15) is 18.6 Å². The van der Waals surface area contributed by atoms with Gasteiger partial charge in [-0.25, -0.2) is 0 Å². The minimum absolute atomic E-state index is 0.956. The number of likely N-dealkylation sites (N-methyl/N-ethyl adjacent to an activating group) is 1.